The van der Waals surface area contributed by atoms with E-state index in [1.54, 1.807) is 12.1 Å². The third-order valence-electron chi connectivity index (χ3n) is 2.51. The van der Waals surface area contributed by atoms with Gasteiger partial charge in [0, 0.05) is 13.0 Å². The molecule has 1 heterocycles. The van der Waals surface area contributed by atoms with Crippen LogP contribution in [-0.4, -0.2) is 15.0 Å². The molecule has 0 spiro atoms. The summed E-state index contributed by atoms with van der Waals surface area (Å²) in [6, 6.07) is 6.68. The molecule has 3 N–H and O–H groups in total. The fourth-order valence-corrected chi connectivity index (χ4v) is 2.75. The Hall–Kier alpha value is -1.86. The average Bonchev–Trinajstić information content (AvgIpc) is 2.85. The summed E-state index contributed by atoms with van der Waals surface area (Å²) in [6.07, 6.45) is 1.91. The van der Waals surface area contributed by atoms with Crippen molar-refractivity contribution >= 4 is 15.7 Å². The molecule has 0 amide bonds. The Morgan fingerprint density at radius 1 is 1.32 bits per heavy atom. The van der Waals surface area contributed by atoms with Crippen LogP contribution in [-0.2, 0) is 16.4 Å². The van der Waals surface area contributed by atoms with Gasteiger partial charge in [-0.05, 0) is 30.3 Å². The summed E-state index contributed by atoms with van der Waals surface area (Å²) in [4.78, 5) is -0.257. The maximum atomic E-state index is 13.1. The normalized spacial score (nSPS) is 11.6. The minimum absolute atomic E-state index is 0.00639. The van der Waals surface area contributed by atoms with E-state index >= 15 is 0 Å². The van der Waals surface area contributed by atoms with Crippen LogP contribution in [0.4, 0.5) is 10.1 Å². The van der Waals surface area contributed by atoms with Crippen LogP contribution in [0.2, 0.25) is 0 Å². The largest absolute Gasteiger partial charge is 0.469 e. The van der Waals surface area contributed by atoms with Crippen molar-refractivity contribution in [1.29, 1.82) is 0 Å². The highest BCUT2D eigenvalue weighted by atomic mass is 32.2. The standard InChI is InChI=1S/C12H13FN2O3S/c13-9-3-4-11(14)12(8-9)19(16,17)15-6-5-10-2-1-7-18-10/h1-4,7-8,15H,5-6,14H2. The van der Waals surface area contributed by atoms with Gasteiger partial charge in [-0.25, -0.2) is 17.5 Å². The van der Waals surface area contributed by atoms with Gasteiger partial charge in [0.05, 0.1) is 12.0 Å². The lowest BCUT2D eigenvalue weighted by atomic mass is 10.3. The van der Waals surface area contributed by atoms with Crippen LogP contribution in [0.1, 0.15) is 5.76 Å². The van der Waals surface area contributed by atoms with Crippen molar-refractivity contribution in [2.24, 2.45) is 0 Å². The molecule has 0 bridgehead atoms. The van der Waals surface area contributed by atoms with Gasteiger partial charge in [0.2, 0.25) is 10.0 Å². The fraction of sp³-hybridized carbons (Fsp3) is 0.167. The molecule has 0 saturated carbocycles. The second-order valence-corrected chi connectivity index (χ2v) is 5.64. The number of nitrogens with one attached hydrogen (secondary N) is 1. The Balaban J connectivity index is 2.07. The van der Waals surface area contributed by atoms with E-state index < -0.39 is 15.8 Å². The Labute approximate surface area is 110 Å². The molecule has 2 rings (SSSR count). The molecule has 0 aliphatic heterocycles. The minimum atomic E-state index is -3.82. The molecule has 2 aromatic rings. The van der Waals surface area contributed by atoms with Gasteiger partial charge in [0.1, 0.15) is 16.5 Å². The lowest BCUT2D eigenvalue weighted by Crippen LogP contribution is -2.26. The summed E-state index contributed by atoms with van der Waals surface area (Å²) in [5.41, 5.74) is 5.54. The zero-order valence-corrected chi connectivity index (χ0v) is 10.8. The van der Waals surface area contributed by atoms with E-state index in [9.17, 15) is 12.8 Å². The number of anilines is 1. The monoisotopic (exact) mass is 284 g/mol. The van der Waals surface area contributed by atoms with Gasteiger partial charge in [0.25, 0.3) is 0 Å². The summed E-state index contributed by atoms with van der Waals surface area (Å²) in [7, 11) is -3.82. The molecule has 0 fully saturated rings. The third-order valence-corrected chi connectivity index (χ3v) is 4.03. The van der Waals surface area contributed by atoms with Gasteiger partial charge in [-0.2, -0.15) is 0 Å². The number of furan rings is 1. The molecule has 0 saturated heterocycles. The van der Waals surface area contributed by atoms with E-state index in [0.717, 1.165) is 12.1 Å². The SMILES string of the molecule is Nc1ccc(F)cc1S(=O)(=O)NCCc1ccco1. The average molecular weight is 284 g/mol. The number of rotatable bonds is 5. The smallest absolute Gasteiger partial charge is 0.242 e. The van der Waals surface area contributed by atoms with Gasteiger partial charge in [0.15, 0.2) is 0 Å². The fourth-order valence-electron chi connectivity index (χ4n) is 1.58. The predicted molar refractivity (Wildman–Crippen MR) is 68.4 cm³/mol. The van der Waals surface area contributed by atoms with Gasteiger partial charge in [-0.1, -0.05) is 0 Å². The topological polar surface area (TPSA) is 85.3 Å². The first kappa shape index (κ1) is 13.6. The number of hydrogen-bond donors (Lipinski definition) is 2. The third kappa shape index (κ3) is 3.33. The summed E-state index contributed by atoms with van der Waals surface area (Å²) in [5, 5.41) is 0. The zero-order chi connectivity index (χ0) is 13.9. The maximum Gasteiger partial charge on any atom is 0.242 e. The molecular formula is C12H13FN2O3S. The molecule has 102 valence electrons. The maximum absolute atomic E-state index is 13.1. The summed E-state index contributed by atoms with van der Waals surface area (Å²) in [5.74, 6) is 0.00974. The van der Waals surface area contributed by atoms with Crippen LogP contribution in [0, 0.1) is 5.82 Å². The van der Waals surface area contributed by atoms with Gasteiger partial charge >= 0.3 is 0 Å². The van der Waals surface area contributed by atoms with E-state index in [1.807, 2.05) is 0 Å². The first-order valence-electron chi connectivity index (χ1n) is 5.56. The summed E-state index contributed by atoms with van der Waals surface area (Å²) in [6.45, 7) is 0.145. The summed E-state index contributed by atoms with van der Waals surface area (Å²) >= 11 is 0. The number of benzene rings is 1. The van der Waals surface area contributed by atoms with Crippen LogP contribution < -0.4 is 10.5 Å². The highest BCUT2D eigenvalue weighted by Crippen LogP contribution is 2.18. The van der Waals surface area contributed by atoms with Gasteiger partial charge in [-0.15, -0.1) is 0 Å². The number of hydrogen-bond acceptors (Lipinski definition) is 4. The van der Waals surface area contributed by atoms with Crippen molar-refractivity contribution in [3.63, 3.8) is 0 Å². The van der Waals surface area contributed by atoms with Crippen molar-refractivity contribution < 1.29 is 17.2 Å². The molecule has 19 heavy (non-hydrogen) atoms. The van der Waals surface area contributed by atoms with E-state index in [4.69, 9.17) is 10.2 Å². The van der Waals surface area contributed by atoms with Crippen molar-refractivity contribution in [3.8, 4) is 0 Å². The Morgan fingerprint density at radius 2 is 2.11 bits per heavy atom. The van der Waals surface area contributed by atoms with Crippen molar-refractivity contribution in [1.82, 2.24) is 4.72 Å². The molecular weight excluding hydrogens is 271 g/mol. The Kier molecular flexibility index (Phi) is 3.87. The lowest BCUT2D eigenvalue weighted by Gasteiger charge is -2.08. The minimum Gasteiger partial charge on any atom is -0.469 e. The van der Waals surface area contributed by atoms with Crippen molar-refractivity contribution in [2.75, 3.05) is 12.3 Å². The number of sulfonamides is 1. The van der Waals surface area contributed by atoms with Crippen molar-refractivity contribution in [3.05, 3.63) is 48.2 Å². The molecule has 0 unspecified atom stereocenters. The second kappa shape index (κ2) is 5.41. The molecule has 1 aromatic heterocycles. The van der Waals surface area contributed by atoms with Crippen LogP contribution in [0.3, 0.4) is 0 Å². The van der Waals surface area contributed by atoms with E-state index in [2.05, 4.69) is 4.72 Å². The van der Waals surface area contributed by atoms with Crippen molar-refractivity contribution in [2.45, 2.75) is 11.3 Å². The molecule has 5 nitrogen and oxygen atoms in total. The van der Waals surface area contributed by atoms with E-state index in [-0.39, 0.29) is 17.1 Å². The van der Waals surface area contributed by atoms with Crippen LogP contribution >= 0.6 is 0 Å². The Bertz CT molecular complexity index is 654. The number of nitrogens with two attached hydrogens (primary N) is 1. The highest BCUT2D eigenvalue weighted by Gasteiger charge is 2.17. The Morgan fingerprint density at radius 3 is 2.79 bits per heavy atom. The molecule has 7 heteroatoms. The first-order valence-corrected chi connectivity index (χ1v) is 7.04. The molecule has 0 aliphatic carbocycles. The van der Waals surface area contributed by atoms with Crippen LogP contribution in [0.25, 0.3) is 0 Å². The number of nitrogen functional groups attached to an aromatic ring is 1. The van der Waals surface area contributed by atoms with Gasteiger partial charge in [-0.3, -0.25) is 0 Å². The predicted octanol–water partition coefficient (Wildman–Crippen LogP) is 1.52. The molecule has 0 radical (unpaired) electrons. The van der Waals surface area contributed by atoms with E-state index in [1.165, 1.54) is 12.3 Å². The quantitative estimate of drug-likeness (QED) is 0.815. The zero-order valence-electron chi connectivity index (χ0n) is 9.97. The summed E-state index contributed by atoms with van der Waals surface area (Å²) < 4.78 is 44.4. The van der Waals surface area contributed by atoms with Gasteiger partial charge < -0.3 is 10.2 Å². The first-order chi connectivity index (χ1) is 8.99. The molecule has 0 aliphatic rings. The molecule has 1 aromatic carbocycles. The van der Waals surface area contributed by atoms with Crippen LogP contribution in [0.5, 0.6) is 0 Å². The molecule has 0 atom stereocenters. The number of halogens is 1. The highest BCUT2D eigenvalue weighted by molar-refractivity contribution is 7.89. The second-order valence-electron chi connectivity index (χ2n) is 3.91. The van der Waals surface area contributed by atoms with Crippen LogP contribution in [0.15, 0.2) is 45.9 Å². The van der Waals surface area contributed by atoms with E-state index in [0.29, 0.717) is 12.2 Å². The lowest BCUT2D eigenvalue weighted by molar-refractivity contribution is 0.506.